The largest absolute Gasteiger partial charge is 0.321 e. The zero-order valence-electron chi connectivity index (χ0n) is 9.08. The number of halogens is 2. The Hall–Kier alpha value is -1.03. The van der Waals surface area contributed by atoms with Gasteiger partial charge in [-0.2, -0.15) is 0 Å². The van der Waals surface area contributed by atoms with Gasteiger partial charge in [0.25, 0.3) is 0 Å². The summed E-state index contributed by atoms with van der Waals surface area (Å²) in [5, 5.41) is 0.760. The summed E-state index contributed by atoms with van der Waals surface area (Å²) in [5.74, 6) is 0. The van der Waals surface area contributed by atoms with Gasteiger partial charge >= 0.3 is 0 Å². The first-order valence-corrected chi connectivity index (χ1v) is 6.40. The maximum absolute atomic E-state index is 6.09. The lowest BCUT2D eigenvalue weighted by Gasteiger charge is -2.09. The van der Waals surface area contributed by atoms with Gasteiger partial charge < -0.3 is 5.43 Å². The van der Waals surface area contributed by atoms with Gasteiger partial charge in [-0.05, 0) is 35.9 Å². The number of anilines is 1. The number of nitrogens with one attached hydrogen (secondary N) is 2. The van der Waals surface area contributed by atoms with Crippen LogP contribution in [0.25, 0.3) is 0 Å². The quantitative estimate of drug-likeness (QED) is 0.826. The van der Waals surface area contributed by atoms with E-state index < -0.39 is 0 Å². The van der Waals surface area contributed by atoms with E-state index in [1.165, 1.54) is 0 Å². The molecule has 2 nitrogen and oxygen atoms in total. The van der Waals surface area contributed by atoms with E-state index in [-0.39, 0.29) is 0 Å². The summed E-state index contributed by atoms with van der Waals surface area (Å²) in [7, 11) is 0. The van der Waals surface area contributed by atoms with Gasteiger partial charge in [0.15, 0.2) is 0 Å². The van der Waals surface area contributed by atoms with Crippen molar-refractivity contribution in [3.63, 3.8) is 0 Å². The van der Waals surface area contributed by atoms with Gasteiger partial charge in [-0.1, -0.05) is 45.7 Å². The standard InChI is InChI=1S/C13H12BrClN2/c14-11-6-7-13(15)10(8-11)9-16-17-12-4-2-1-3-5-12/h1-8,16-17H,9H2. The molecule has 17 heavy (non-hydrogen) atoms. The second kappa shape index (κ2) is 6.05. The van der Waals surface area contributed by atoms with E-state index in [4.69, 9.17) is 11.6 Å². The fraction of sp³-hybridized carbons (Fsp3) is 0.0769. The van der Waals surface area contributed by atoms with Crippen molar-refractivity contribution in [3.05, 3.63) is 63.6 Å². The van der Waals surface area contributed by atoms with E-state index in [1.54, 1.807) is 0 Å². The highest BCUT2D eigenvalue weighted by Crippen LogP contribution is 2.20. The van der Waals surface area contributed by atoms with E-state index in [0.717, 1.165) is 20.7 Å². The lowest BCUT2D eigenvalue weighted by atomic mass is 10.2. The average molecular weight is 312 g/mol. The molecule has 0 aliphatic heterocycles. The maximum atomic E-state index is 6.09. The Kier molecular flexibility index (Phi) is 4.42. The van der Waals surface area contributed by atoms with Crippen LogP contribution in [0, 0.1) is 0 Å². The first-order valence-electron chi connectivity index (χ1n) is 5.23. The Morgan fingerprint density at radius 3 is 2.59 bits per heavy atom. The van der Waals surface area contributed by atoms with Crippen molar-refractivity contribution in [2.24, 2.45) is 0 Å². The van der Waals surface area contributed by atoms with Crippen molar-refractivity contribution >= 4 is 33.2 Å². The Labute approximate surface area is 114 Å². The van der Waals surface area contributed by atoms with E-state index in [0.29, 0.717) is 6.54 Å². The molecular formula is C13H12BrClN2. The van der Waals surface area contributed by atoms with Gasteiger partial charge in [-0.3, -0.25) is 0 Å². The predicted octanol–water partition coefficient (Wildman–Crippen LogP) is 4.22. The van der Waals surface area contributed by atoms with Gasteiger partial charge in [-0.15, -0.1) is 0 Å². The highest BCUT2D eigenvalue weighted by atomic mass is 79.9. The van der Waals surface area contributed by atoms with Crippen LogP contribution in [0.2, 0.25) is 5.02 Å². The molecule has 2 N–H and O–H groups in total. The molecule has 2 aromatic rings. The molecule has 4 heteroatoms. The zero-order valence-corrected chi connectivity index (χ0v) is 11.4. The highest BCUT2D eigenvalue weighted by molar-refractivity contribution is 9.10. The summed E-state index contributed by atoms with van der Waals surface area (Å²) >= 11 is 9.52. The Bertz CT molecular complexity index is 488. The first kappa shape index (κ1) is 12.4. The number of benzene rings is 2. The van der Waals surface area contributed by atoms with Crippen LogP contribution in [0.3, 0.4) is 0 Å². The summed E-state index contributed by atoms with van der Waals surface area (Å²) in [6.07, 6.45) is 0. The molecule has 0 aliphatic rings. The molecule has 0 unspecified atom stereocenters. The Balaban J connectivity index is 1.92. The molecular weight excluding hydrogens is 300 g/mol. The minimum absolute atomic E-state index is 0.660. The smallest absolute Gasteiger partial charge is 0.0487 e. The minimum atomic E-state index is 0.660. The molecule has 0 atom stereocenters. The second-order valence-corrected chi connectivity index (χ2v) is 4.90. The highest BCUT2D eigenvalue weighted by Gasteiger charge is 2.00. The molecule has 0 saturated heterocycles. The third-order valence-corrected chi connectivity index (χ3v) is 3.16. The lowest BCUT2D eigenvalue weighted by Crippen LogP contribution is -2.20. The molecule has 0 bridgehead atoms. The van der Waals surface area contributed by atoms with Crippen LogP contribution >= 0.6 is 27.5 Å². The first-order chi connectivity index (χ1) is 8.25. The van der Waals surface area contributed by atoms with Crippen molar-refractivity contribution < 1.29 is 0 Å². The molecule has 0 aromatic heterocycles. The minimum Gasteiger partial charge on any atom is -0.321 e. The van der Waals surface area contributed by atoms with E-state index in [9.17, 15) is 0 Å². The van der Waals surface area contributed by atoms with Crippen molar-refractivity contribution in [2.45, 2.75) is 6.54 Å². The number of hydrazine groups is 1. The predicted molar refractivity (Wildman–Crippen MR) is 76.1 cm³/mol. The van der Waals surface area contributed by atoms with Crippen molar-refractivity contribution in [1.82, 2.24) is 5.43 Å². The van der Waals surface area contributed by atoms with Crippen LogP contribution in [0.1, 0.15) is 5.56 Å². The van der Waals surface area contributed by atoms with Gasteiger partial charge in [0, 0.05) is 21.7 Å². The summed E-state index contributed by atoms with van der Waals surface area (Å²) in [4.78, 5) is 0. The molecule has 0 heterocycles. The van der Waals surface area contributed by atoms with E-state index in [1.807, 2.05) is 48.5 Å². The Morgan fingerprint density at radius 2 is 1.82 bits per heavy atom. The molecule has 2 rings (SSSR count). The zero-order chi connectivity index (χ0) is 12.1. The third kappa shape index (κ3) is 3.73. The molecule has 0 saturated carbocycles. The monoisotopic (exact) mass is 310 g/mol. The normalized spacial score (nSPS) is 10.2. The summed E-state index contributed by atoms with van der Waals surface area (Å²) in [6.45, 7) is 0.660. The van der Waals surface area contributed by atoms with Gasteiger partial charge in [0.1, 0.15) is 0 Å². The number of hydrogen-bond acceptors (Lipinski definition) is 2. The van der Waals surface area contributed by atoms with Crippen molar-refractivity contribution in [1.29, 1.82) is 0 Å². The summed E-state index contributed by atoms with van der Waals surface area (Å²) < 4.78 is 1.03. The molecule has 0 amide bonds. The number of hydrogen-bond donors (Lipinski definition) is 2. The fourth-order valence-electron chi connectivity index (χ4n) is 1.44. The number of para-hydroxylation sites is 1. The fourth-order valence-corrected chi connectivity index (χ4v) is 2.03. The van der Waals surface area contributed by atoms with E-state index >= 15 is 0 Å². The van der Waals surface area contributed by atoms with Gasteiger partial charge in [0.05, 0.1) is 0 Å². The molecule has 0 aliphatic carbocycles. The second-order valence-electron chi connectivity index (χ2n) is 3.58. The van der Waals surface area contributed by atoms with Crippen LogP contribution < -0.4 is 10.9 Å². The summed E-state index contributed by atoms with van der Waals surface area (Å²) in [5.41, 5.74) is 8.32. The van der Waals surface area contributed by atoms with Crippen molar-refractivity contribution in [3.8, 4) is 0 Å². The van der Waals surface area contributed by atoms with Gasteiger partial charge in [-0.25, -0.2) is 5.43 Å². The Morgan fingerprint density at radius 1 is 1.06 bits per heavy atom. The molecule has 88 valence electrons. The molecule has 2 aromatic carbocycles. The molecule has 0 radical (unpaired) electrons. The molecule has 0 fully saturated rings. The molecule has 0 spiro atoms. The average Bonchev–Trinajstić information content (AvgIpc) is 2.35. The third-order valence-electron chi connectivity index (χ3n) is 2.29. The van der Waals surface area contributed by atoms with Gasteiger partial charge in [0.2, 0.25) is 0 Å². The maximum Gasteiger partial charge on any atom is 0.0487 e. The summed E-state index contributed by atoms with van der Waals surface area (Å²) in [6, 6.07) is 15.7. The lowest BCUT2D eigenvalue weighted by molar-refractivity contribution is 0.801. The van der Waals surface area contributed by atoms with Crippen LogP contribution in [-0.4, -0.2) is 0 Å². The SMILES string of the molecule is Clc1ccc(Br)cc1CNNc1ccccc1. The van der Waals surface area contributed by atoms with Crippen molar-refractivity contribution in [2.75, 3.05) is 5.43 Å². The van der Waals surface area contributed by atoms with Crippen LogP contribution in [0.5, 0.6) is 0 Å². The topological polar surface area (TPSA) is 24.1 Å². The van der Waals surface area contributed by atoms with Crippen LogP contribution in [0.15, 0.2) is 53.0 Å². The van der Waals surface area contributed by atoms with Crippen LogP contribution in [0.4, 0.5) is 5.69 Å². The van der Waals surface area contributed by atoms with E-state index in [2.05, 4.69) is 26.8 Å². The van der Waals surface area contributed by atoms with Crippen LogP contribution in [-0.2, 0) is 6.54 Å². The number of rotatable bonds is 4.